The normalized spacial score (nSPS) is 19.2. The molecular formula is C13H23N3O2S2. The molecule has 0 radical (unpaired) electrons. The Balaban J connectivity index is 2.39. The van der Waals surface area contributed by atoms with Crippen LogP contribution >= 0.6 is 11.5 Å². The van der Waals surface area contributed by atoms with Crippen molar-refractivity contribution >= 4 is 32.2 Å². The summed E-state index contributed by atoms with van der Waals surface area (Å²) in [6, 6.07) is 0. The van der Waals surface area contributed by atoms with Gasteiger partial charge in [-0.3, -0.25) is 0 Å². The number of hydrogen-bond acceptors (Lipinski definition) is 6. The highest BCUT2D eigenvalue weighted by Crippen LogP contribution is 2.39. The fraction of sp³-hybridized carbons (Fsp3) is 0.769. The van der Waals surface area contributed by atoms with E-state index < -0.39 is 9.84 Å². The molecule has 1 fully saturated rings. The van der Waals surface area contributed by atoms with Crippen molar-refractivity contribution in [2.24, 2.45) is 5.41 Å². The molecule has 1 aromatic heterocycles. The highest BCUT2D eigenvalue weighted by molar-refractivity contribution is 7.91. The van der Waals surface area contributed by atoms with E-state index in [4.69, 9.17) is 5.73 Å². The van der Waals surface area contributed by atoms with Crippen molar-refractivity contribution in [3.63, 3.8) is 0 Å². The smallest absolute Gasteiger partial charge is 0.185 e. The van der Waals surface area contributed by atoms with Crippen LogP contribution in [0.25, 0.3) is 0 Å². The zero-order valence-corrected chi connectivity index (χ0v) is 14.0. The summed E-state index contributed by atoms with van der Waals surface area (Å²) < 4.78 is 28.9. The van der Waals surface area contributed by atoms with Crippen LogP contribution in [0.1, 0.15) is 40.0 Å². The molecule has 20 heavy (non-hydrogen) atoms. The monoisotopic (exact) mass is 317 g/mol. The van der Waals surface area contributed by atoms with Crippen molar-refractivity contribution in [2.45, 2.75) is 44.9 Å². The van der Waals surface area contributed by atoms with Crippen LogP contribution in [0.2, 0.25) is 0 Å². The topological polar surface area (TPSA) is 76.3 Å². The fourth-order valence-electron chi connectivity index (χ4n) is 2.75. The molecule has 0 saturated carbocycles. The predicted octanol–water partition coefficient (Wildman–Crippen LogP) is 2.54. The van der Waals surface area contributed by atoms with Crippen molar-refractivity contribution in [3.8, 4) is 0 Å². The van der Waals surface area contributed by atoms with Crippen LogP contribution in [0.5, 0.6) is 0 Å². The molecule has 5 nitrogen and oxygen atoms in total. The summed E-state index contributed by atoms with van der Waals surface area (Å²) in [4.78, 5) is 2.39. The van der Waals surface area contributed by atoms with Gasteiger partial charge in [0.05, 0.1) is 5.75 Å². The third-order valence-electron chi connectivity index (χ3n) is 3.63. The first-order chi connectivity index (χ1) is 9.27. The van der Waals surface area contributed by atoms with Crippen molar-refractivity contribution in [3.05, 3.63) is 0 Å². The molecule has 0 spiro atoms. The number of aromatic nitrogens is 1. The zero-order chi connectivity index (χ0) is 15.0. The van der Waals surface area contributed by atoms with Gasteiger partial charge in [-0.2, -0.15) is 4.37 Å². The lowest BCUT2D eigenvalue weighted by atomic mass is 9.84. The molecule has 1 saturated heterocycles. The molecule has 0 bridgehead atoms. The number of rotatable bonds is 4. The maximum atomic E-state index is 12.4. The van der Waals surface area contributed by atoms with Gasteiger partial charge >= 0.3 is 0 Å². The van der Waals surface area contributed by atoms with Crippen LogP contribution in [-0.2, 0) is 9.84 Å². The average molecular weight is 317 g/mol. The molecule has 2 rings (SSSR count). The molecule has 114 valence electrons. The van der Waals surface area contributed by atoms with Gasteiger partial charge in [0.25, 0.3) is 0 Å². The molecular weight excluding hydrogens is 294 g/mol. The van der Waals surface area contributed by atoms with Crippen LogP contribution in [-0.4, -0.2) is 31.6 Å². The first kappa shape index (κ1) is 15.6. The van der Waals surface area contributed by atoms with Gasteiger partial charge in [-0.25, -0.2) is 8.42 Å². The number of nitrogens with zero attached hydrogens (tertiary/aromatic N) is 2. The predicted molar refractivity (Wildman–Crippen MR) is 84.1 cm³/mol. The van der Waals surface area contributed by atoms with Gasteiger partial charge in [0, 0.05) is 13.1 Å². The first-order valence-electron chi connectivity index (χ1n) is 7.00. The lowest BCUT2D eigenvalue weighted by molar-refractivity contribution is 0.293. The van der Waals surface area contributed by atoms with E-state index in [0.29, 0.717) is 6.42 Å². The van der Waals surface area contributed by atoms with E-state index in [1.807, 2.05) is 6.92 Å². The number of nitrogen functional groups attached to an aromatic ring is 1. The minimum absolute atomic E-state index is 0.125. The van der Waals surface area contributed by atoms with Crippen LogP contribution < -0.4 is 10.6 Å². The minimum atomic E-state index is -3.33. The lowest BCUT2D eigenvalue weighted by Gasteiger charge is -2.38. The summed E-state index contributed by atoms with van der Waals surface area (Å²) in [7, 11) is -3.33. The van der Waals surface area contributed by atoms with Gasteiger partial charge in [-0.1, -0.05) is 20.8 Å². The summed E-state index contributed by atoms with van der Waals surface area (Å²) in [6.07, 6.45) is 2.81. The molecule has 1 aliphatic heterocycles. The Kier molecular flexibility index (Phi) is 4.30. The molecule has 0 atom stereocenters. The summed E-state index contributed by atoms with van der Waals surface area (Å²) in [5, 5.41) is 0.726. The summed E-state index contributed by atoms with van der Waals surface area (Å²) in [5.41, 5.74) is 6.02. The van der Waals surface area contributed by atoms with E-state index >= 15 is 0 Å². The van der Waals surface area contributed by atoms with Gasteiger partial charge in [-0.15, -0.1) is 0 Å². The molecule has 7 heteroatoms. The van der Waals surface area contributed by atoms with E-state index in [0.717, 1.165) is 30.9 Å². The Morgan fingerprint density at radius 3 is 2.75 bits per heavy atom. The van der Waals surface area contributed by atoms with Gasteiger partial charge in [-0.05, 0) is 36.2 Å². The van der Waals surface area contributed by atoms with E-state index in [9.17, 15) is 8.42 Å². The molecule has 2 N–H and O–H groups in total. The highest BCUT2D eigenvalue weighted by Gasteiger charge is 2.33. The van der Waals surface area contributed by atoms with E-state index in [1.54, 1.807) is 0 Å². The lowest BCUT2D eigenvalue weighted by Crippen LogP contribution is -2.40. The van der Waals surface area contributed by atoms with Crippen molar-refractivity contribution < 1.29 is 8.42 Å². The number of nitrogens with two attached hydrogens (primary N) is 1. The van der Waals surface area contributed by atoms with E-state index in [1.165, 1.54) is 11.5 Å². The molecule has 1 aliphatic rings. The van der Waals surface area contributed by atoms with Crippen LogP contribution in [0.3, 0.4) is 0 Å². The third-order valence-corrected chi connectivity index (χ3v) is 6.65. The summed E-state index contributed by atoms with van der Waals surface area (Å²) in [6.45, 7) is 8.01. The molecule has 0 amide bonds. The van der Waals surface area contributed by atoms with Crippen LogP contribution in [0.4, 0.5) is 10.8 Å². The Hall–Kier alpha value is -0.820. The molecule has 2 heterocycles. The van der Waals surface area contributed by atoms with Gasteiger partial charge < -0.3 is 10.6 Å². The quantitative estimate of drug-likeness (QED) is 0.923. The largest absolute Gasteiger partial charge is 0.382 e. The van der Waals surface area contributed by atoms with Crippen molar-refractivity contribution in [1.82, 2.24) is 4.37 Å². The van der Waals surface area contributed by atoms with Crippen LogP contribution in [0, 0.1) is 5.41 Å². The van der Waals surface area contributed by atoms with Gasteiger partial charge in [0.15, 0.2) is 15.7 Å². The minimum Gasteiger partial charge on any atom is -0.382 e. The van der Waals surface area contributed by atoms with E-state index in [-0.39, 0.29) is 21.9 Å². The highest BCUT2D eigenvalue weighted by atomic mass is 32.2. The van der Waals surface area contributed by atoms with Gasteiger partial charge in [0.1, 0.15) is 9.90 Å². The Labute approximate surface area is 125 Å². The second-order valence-corrected chi connectivity index (χ2v) is 9.01. The van der Waals surface area contributed by atoms with Crippen molar-refractivity contribution in [2.75, 3.05) is 29.5 Å². The second-order valence-electron chi connectivity index (χ2n) is 6.21. The Morgan fingerprint density at radius 1 is 1.45 bits per heavy atom. The Bertz CT molecular complexity index is 578. The zero-order valence-electron chi connectivity index (χ0n) is 12.3. The SMILES string of the molecule is CCCS(=O)(=O)c1c(N)nsc1N1CCCC(C)(C)C1. The summed E-state index contributed by atoms with van der Waals surface area (Å²) in [5.74, 6) is 0.279. The van der Waals surface area contributed by atoms with Gasteiger partial charge in [0.2, 0.25) is 0 Å². The second kappa shape index (κ2) is 5.52. The maximum absolute atomic E-state index is 12.4. The van der Waals surface area contributed by atoms with Crippen LogP contribution in [0.15, 0.2) is 4.90 Å². The number of piperidine rings is 1. The summed E-state index contributed by atoms with van der Waals surface area (Å²) >= 11 is 1.21. The fourth-order valence-corrected chi connectivity index (χ4v) is 5.53. The average Bonchev–Trinajstić information content (AvgIpc) is 2.70. The maximum Gasteiger partial charge on any atom is 0.185 e. The molecule has 1 aromatic rings. The molecule has 0 unspecified atom stereocenters. The molecule has 0 aromatic carbocycles. The standard InChI is InChI=1S/C13H23N3O2S2/c1-4-8-20(17,18)10-11(14)15-19-12(10)16-7-5-6-13(2,3)9-16/h4-9H2,1-3H3,(H2,14,15). The van der Waals surface area contributed by atoms with E-state index in [2.05, 4.69) is 23.1 Å². The number of sulfone groups is 1. The first-order valence-corrected chi connectivity index (χ1v) is 9.42. The number of hydrogen-bond donors (Lipinski definition) is 1. The number of anilines is 2. The Morgan fingerprint density at radius 2 is 2.15 bits per heavy atom. The van der Waals surface area contributed by atoms with Crippen molar-refractivity contribution in [1.29, 1.82) is 0 Å². The molecule has 0 aliphatic carbocycles. The third kappa shape index (κ3) is 3.09.